The Bertz CT molecular complexity index is 218. The molecule has 0 N–H and O–H groups in total. The van der Waals surface area contributed by atoms with Crippen LogP contribution in [-0.2, 0) is 9.53 Å². The second-order valence-electron chi connectivity index (χ2n) is 3.62. The molecule has 0 spiro atoms. The second-order valence-corrected chi connectivity index (χ2v) is 4.72. The lowest BCUT2D eigenvalue weighted by Crippen LogP contribution is -2.45. The molecule has 0 aromatic rings. The van der Waals surface area contributed by atoms with Crippen molar-refractivity contribution in [3.05, 3.63) is 0 Å². The zero-order valence-electron chi connectivity index (χ0n) is 7.88. The van der Waals surface area contributed by atoms with Crippen LogP contribution in [0.1, 0.15) is 20.8 Å². The molecule has 13 heavy (non-hydrogen) atoms. The largest absolute Gasteiger partial charge is 0.351 e. The van der Waals surface area contributed by atoms with Crippen LogP contribution in [0, 0.1) is 0 Å². The Labute approximate surface area is 87.9 Å². The van der Waals surface area contributed by atoms with Crippen molar-refractivity contribution < 1.29 is 9.53 Å². The van der Waals surface area contributed by atoms with Gasteiger partial charge in [-0.1, -0.05) is 23.2 Å². The predicted molar refractivity (Wildman–Crippen MR) is 51.8 cm³/mol. The Morgan fingerprint density at radius 2 is 2.15 bits per heavy atom. The van der Waals surface area contributed by atoms with Crippen LogP contribution in [0.2, 0.25) is 0 Å². The summed E-state index contributed by atoms with van der Waals surface area (Å²) in [6, 6.07) is 0. The van der Waals surface area contributed by atoms with Gasteiger partial charge < -0.3 is 9.64 Å². The number of hydrogen-bond acceptors (Lipinski definition) is 2. The van der Waals surface area contributed by atoms with Gasteiger partial charge in [-0.2, -0.15) is 0 Å². The Morgan fingerprint density at radius 1 is 1.62 bits per heavy atom. The fourth-order valence-corrected chi connectivity index (χ4v) is 1.78. The van der Waals surface area contributed by atoms with E-state index in [0.29, 0.717) is 6.54 Å². The van der Waals surface area contributed by atoms with Crippen molar-refractivity contribution in [3.8, 4) is 0 Å². The molecule has 1 rings (SSSR count). The Kier molecular flexibility index (Phi) is 3.10. The van der Waals surface area contributed by atoms with Gasteiger partial charge in [0.2, 0.25) is 0 Å². The average Bonchev–Trinajstić information content (AvgIpc) is 2.22. The first-order chi connectivity index (χ1) is 5.84. The van der Waals surface area contributed by atoms with Gasteiger partial charge in [0, 0.05) is 6.54 Å². The van der Waals surface area contributed by atoms with Crippen LogP contribution in [0.4, 0.5) is 0 Å². The van der Waals surface area contributed by atoms with E-state index in [1.807, 2.05) is 20.8 Å². The van der Waals surface area contributed by atoms with Crippen LogP contribution < -0.4 is 0 Å². The van der Waals surface area contributed by atoms with Gasteiger partial charge in [-0.15, -0.1) is 0 Å². The van der Waals surface area contributed by atoms with Crippen molar-refractivity contribution in [3.63, 3.8) is 0 Å². The first kappa shape index (κ1) is 11.1. The van der Waals surface area contributed by atoms with Crippen LogP contribution in [0.25, 0.3) is 0 Å². The third-order valence-electron chi connectivity index (χ3n) is 2.03. The van der Waals surface area contributed by atoms with Crippen molar-refractivity contribution in [2.24, 2.45) is 0 Å². The van der Waals surface area contributed by atoms with E-state index < -0.39 is 10.6 Å². The molecule has 0 unspecified atom stereocenters. The standard InChI is InChI=1S/C8H13Cl2NO2/c1-5-4-11(7(12)6(9)10)8(2,3)13-5/h5-6H,4H2,1-3H3/t5-/m1/s1. The average molecular weight is 226 g/mol. The molecule has 76 valence electrons. The molecule has 1 saturated heterocycles. The maximum absolute atomic E-state index is 11.5. The Balaban J connectivity index is 2.75. The first-order valence-corrected chi connectivity index (χ1v) is 4.99. The minimum atomic E-state index is -1.01. The molecule has 3 nitrogen and oxygen atoms in total. The van der Waals surface area contributed by atoms with Crippen LogP contribution >= 0.6 is 23.2 Å². The molecular weight excluding hydrogens is 213 g/mol. The molecule has 0 aromatic heterocycles. The predicted octanol–water partition coefficient (Wildman–Crippen LogP) is 1.77. The number of nitrogens with zero attached hydrogens (tertiary/aromatic N) is 1. The summed E-state index contributed by atoms with van der Waals surface area (Å²) in [4.78, 5) is 12.0. The summed E-state index contributed by atoms with van der Waals surface area (Å²) in [6.07, 6.45) is 0.0334. The highest BCUT2D eigenvalue weighted by Gasteiger charge is 2.41. The van der Waals surface area contributed by atoms with E-state index in [2.05, 4.69) is 0 Å². The van der Waals surface area contributed by atoms with Gasteiger partial charge in [0.15, 0.2) is 4.84 Å². The highest BCUT2D eigenvalue weighted by Crippen LogP contribution is 2.28. The molecule has 1 aliphatic heterocycles. The number of amides is 1. The molecule has 0 bridgehead atoms. The van der Waals surface area contributed by atoms with Gasteiger partial charge in [-0.25, -0.2) is 0 Å². The zero-order chi connectivity index (χ0) is 10.2. The SMILES string of the molecule is C[C@@H]1CN(C(=O)C(Cl)Cl)C(C)(C)O1. The van der Waals surface area contributed by atoms with E-state index >= 15 is 0 Å². The number of alkyl halides is 2. The summed E-state index contributed by atoms with van der Waals surface area (Å²) in [5.74, 6) is -0.294. The summed E-state index contributed by atoms with van der Waals surface area (Å²) in [6.45, 7) is 6.10. The molecule has 1 aliphatic rings. The number of ether oxygens (including phenoxy) is 1. The van der Waals surface area contributed by atoms with E-state index in [-0.39, 0.29) is 12.0 Å². The third kappa shape index (κ3) is 2.27. The summed E-state index contributed by atoms with van der Waals surface area (Å²) in [7, 11) is 0. The molecule has 0 aliphatic carbocycles. The van der Waals surface area contributed by atoms with E-state index in [1.165, 1.54) is 0 Å². The fraction of sp³-hybridized carbons (Fsp3) is 0.875. The lowest BCUT2D eigenvalue weighted by Gasteiger charge is -2.30. The number of carbonyl (C=O) groups is 1. The number of halogens is 2. The number of carbonyl (C=O) groups excluding carboxylic acids is 1. The summed E-state index contributed by atoms with van der Waals surface area (Å²) >= 11 is 11.0. The quantitative estimate of drug-likeness (QED) is 0.637. The van der Waals surface area contributed by atoms with Crippen molar-refractivity contribution in [2.45, 2.75) is 37.4 Å². The normalized spacial score (nSPS) is 26.9. The fourth-order valence-electron chi connectivity index (χ4n) is 1.54. The van der Waals surface area contributed by atoms with Crippen LogP contribution in [-0.4, -0.2) is 34.0 Å². The van der Waals surface area contributed by atoms with Gasteiger partial charge >= 0.3 is 0 Å². The van der Waals surface area contributed by atoms with E-state index in [1.54, 1.807) is 4.90 Å². The molecule has 5 heteroatoms. The molecule has 0 radical (unpaired) electrons. The van der Waals surface area contributed by atoms with Crippen molar-refractivity contribution in [1.29, 1.82) is 0 Å². The van der Waals surface area contributed by atoms with Gasteiger partial charge in [0.25, 0.3) is 5.91 Å². The summed E-state index contributed by atoms with van der Waals surface area (Å²) < 4.78 is 5.52. The topological polar surface area (TPSA) is 29.5 Å². The Hall–Kier alpha value is 0.01000. The number of rotatable bonds is 1. The van der Waals surface area contributed by atoms with E-state index in [4.69, 9.17) is 27.9 Å². The van der Waals surface area contributed by atoms with Gasteiger partial charge in [0.05, 0.1) is 6.10 Å². The smallest absolute Gasteiger partial charge is 0.258 e. The lowest BCUT2D eigenvalue weighted by molar-refractivity contribution is -0.143. The van der Waals surface area contributed by atoms with Gasteiger partial charge in [0.1, 0.15) is 5.72 Å². The maximum atomic E-state index is 11.5. The van der Waals surface area contributed by atoms with Crippen molar-refractivity contribution in [2.75, 3.05) is 6.54 Å². The second kappa shape index (κ2) is 3.64. The van der Waals surface area contributed by atoms with E-state index in [9.17, 15) is 4.79 Å². The van der Waals surface area contributed by atoms with Crippen LogP contribution in [0.15, 0.2) is 0 Å². The van der Waals surface area contributed by atoms with E-state index in [0.717, 1.165) is 0 Å². The van der Waals surface area contributed by atoms with Gasteiger partial charge in [-0.3, -0.25) is 4.79 Å². The molecule has 1 amide bonds. The number of hydrogen-bond donors (Lipinski definition) is 0. The minimum Gasteiger partial charge on any atom is -0.351 e. The molecule has 1 atom stereocenters. The Morgan fingerprint density at radius 3 is 2.46 bits per heavy atom. The molecule has 0 aromatic carbocycles. The minimum absolute atomic E-state index is 0.0334. The summed E-state index contributed by atoms with van der Waals surface area (Å²) in [5.41, 5.74) is -0.599. The van der Waals surface area contributed by atoms with Crippen LogP contribution in [0.5, 0.6) is 0 Å². The summed E-state index contributed by atoms with van der Waals surface area (Å²) in [5, 5.41) is 0. The lowest BCUT2D eigenvalue weighted by atomic mass is 10.2. The molecular formula is C8H13Cl2NO2. The first-order valence-electron chi connectivity index (χ1n) is 4.12. The van der Waals surface area contributed by atoms with Gasteiger partial charge in [-0.05, 0) is 20.8 Å². The molecule has 1 heterocycles. The van der Waals surface area contributed by atoms with Crippen LogP contribution in [0.3, 0.4) is 0 Å². The van der Waals surface area contributed by atoms with Crippen molar-refractivity contribution >= 4 is 29.1 Å². The zero-order valence-corrected chi connectivity index (χ0v) is 9.39. The third-order valence-corrected chi connectivity index (χ3v) is 2.41. The maximum Gasteiger partial charge on any atom is 0.258 e. The van der Waals surface area contributed by atoms with Crippen molar-refractivity contribution in [1.82, 2.24) is 4.90 Å². The molecule has 1 fully saturated rings. The highest BCUT2D eigenvalue weighted by molar-refractivity contribution is 6.53. The molecule has 0 saturated carbocycles. The highest BCUT2D eigenvalue weighted by atomic mass is 35.5. The monoisotopic (exact) mass is 225 g/mol.